The second kappa shape index (κ2) is 3.51. The molecule has 0 aromatic heterocycles. The Kier molecular flexibility index (Phi) is 2.36. The van der Waals surface area contributed by atoms with E-state index in [9.17, 15) is 0 Å². The number of rotatable bonds is 0. The molecule has 1 aliphatic rings. The number of nitrogens with two attached hydrogens (primary N) is 1. The molecule has 13 heavy (non-hydrogen) atoms. The first-order chi connectivity index (χ1) is 6.27. The average molecular weight is 175 g/mol. The first kappa shape index (κ1) is 8.76. The third-order valence-electron chi connectivity index (χ3n) is 2.91. The highest BCUT2D eigenvalue weighted by molar-refractivity contribution is 5.34. The van der Waals surface area contributed by atoms with Crippen molar-refractivity contribution in [3.8, 4) is 0 Å². The van der Waals surface area contributed by atoms with Gasteiger partial charge in [0.1, 0.15) is 0 Å². The summed E-state index contributed by atoms with van der Waals surface area (Å²) in [6.07, 6.45) is 4.93. The molecule has 2 N–H and O–H groups in total. The lowest BCUT2D eigenvalue weighted by Crippen LogP contribution is -2.10. The fourth-order valence-electron chi connectivity index (χ4n) is 2.12. The Bertz CT molecular complexity index is 304. The van der Waals surface area contributed by atoms with E-state index < -0.39 is 0 Å². The van der Waals surface area contributed by atoms with Crippen molar-refractivity contribution in [2.45, 2.75) is 38.6 Å². The van der Waals surface area contributed by atoms with E-state index in [1.54, 1.807) is 0 Å². The van der Waals surface area contributed by atoms with Gasteiger partial charge in [0.15, 0.2) is 0 Å². The number of hydrogen-bond donors (Lipinski definition) is 1. The fourth-order valence-corrected chi connectivity index (χ4v) is 2.12. The van der Waals surface area contributed by atoms with Gasteiger partial charge in [0.2, 0.25) is 0 Å². The number of aryl methyl sites for hydroxylation is 2. The van der Waals surface area contributed by atoms with E-state index in [1.165, 1.54) is 36.0 Å². The molecule has 1 heteroatoms. The molecule has 0 fully saturated rings. The largest absolute Gasteiger partial charge is 0.324 e. The maximum atomic E-state index is 6.12. The van der Waals surface area contributed by atoms with E-state index in [2.05, 4.69) is 25.1 Å². The molecule has 70 valence electrons. The third kappa shape index (κ3) is 1.75. The second-order valence-corrected chi connectivity index (χ2v) is 4.05. The van der Waals surface area contributed by atoms with E-state index >= 15 is 0 Å². The van der Waals surface area contributed by atoms with Crippen molar-refractivity contribution in [2.75, 3.05) is 0 Å². The molecule has 0 heterocycles. The number of fused-ring (bicyclic) bond motifs is 1. The van der Waals surface area contributed by atoms with Crippen molar-refractivity contribution < 1.29 is 0 Å². The van der Waals surface area contributed by atoms with Gasteiger partial charge in [0.25, 0.3) is 0 Å². The van der Waals surface area contributed by atoms with E-state index in [0.29, 0.717) is 0 Å². The zero-order valence-corrected chi connectivity index (χ0v) is 8.22. The van der Waals surface area contributed by atoms with E-state index in [-0.39, 0.29) is 6.04 Å². The van der Waals surface area contributed by atoms with Gasteiger partial charge in [-0.15, -0.1) is 0 Å². The molecule has 0 saturated heterocycles. The molecule has 0 spiro atoms. The van der Waals surface area contributed by atoms with Crippen LogP contribution in [-0.4, -0.2) is 0 Å². The van der Waals surface area contributed by atoms with Crippen molar-refractivity contribution in [1.29, 1.82) is 0 Å². The molecule has 0 amide bonds. The summed E-state index contributed by atoms with van der Waals surface area (Å²) in [5.41, 5.74) is 10.3. The van der Waals surface area contributed by atoms with Crippen LogP contribution in [0.4, 0.5) is 0 Å². The average Bonchev–Trinajstić information content (AvgIpc) is 2.29. The van der Waals surface area contributed by atoms with Gasteiger partial charge in [0.05, 0.1) is 0 Å². The first-order valence-corrected chi connectivity index (χ1v) is 5.12. The molecule has 1 nitrogen and oxygen atoms in total. The van der Waals surface area contributed by atoms with Crippen LogP contribution in [0, 0.1) is 6.92 Å². The second-order valence-electron chi connectivity index (χ2n) is 4.05. The number of benzene rings is 1. The van der Waals surface area contributed by atoms with Crippen LogP contribution in [0.3, 0.4) is 0 Å². The summed E-state index contributed by atoms with van der Waals surface area (Å²) in [6.45, 7) is 2.14. The Hall–Kier alpha value is -0.820. The van der Waals surface area contributed by atoms with Crippen LogP contribution in [0.1, 0.15) is 42.0 Å². The van der Waals surface area contributed by atoms with Crippen molar-refractivity contribution in [2.24, 2.45) is 5.73 Å². The molecule has 1 aromatic rings. The topological polar surface area (TPSA) is 26.0 Å². The Balaban J connectivity index is 2.43. The van der Waals surface area contributed by atoms with E-state index in [0.717, 1.165) is 6.42 Å². The predicted octanol–water partition coefficient (Wildman–Crippen LogP) is 2.72. The molecule has 1 aliphatic carbocycles. The van der Waals surface area contributed by atoms with Crippen LogP contribution < -0.4 is 5.73 Å². The van der Waals surface area contributed by atoms with Crippen LogP contribution in [0.2, 0.25) is 0 Å². The van der Waals surface area contributed by atoms with Crippen LogP contribution in [0.25, 0.3) is 0 Å². The SMILES string of the molecule is Cc1ccc2c(c1)[C@@H](N)CCCC2. The van der Waals surface area contributed by atoms with Gasteiger partial charge >= 0.3 is 0 Å². The van der Waals surface area contributed by atoms with Gasteiger partial charge < -0.3 is 5.73 Å². The lowest BCUT2D eigenvalue weighted by atomic mass is 9.98. The fraction of sp³-hybridized carbons (Fsp3) is 0.500. The summed E-state index contributed by atoms with van der Waals surface area (Å²) >= 11 is 0. The third-order valence-corrected chi connectivity index (χ3v) is 2.91. The minimum Gasteiger partial charge on any atom is -0.324 e. The molecular formula is C12H17N. The first-order valence-electron chi connectivity index (χ1n) is 5.12. The molecule has 0 aliphatic heterocycles. The van der Waals surface area contributed by atoms with Crippen LogP contribution >= 0.6 is 0 Å². The minimum atomic E-state index is 0.275. The molecule has 1 aromatic carbocycles. The molecule has 0 saturated carbocycles. The predicted molar refractivity (Wildman–Crippen MR) is 55.7 cm³/mol. The number of hydrogen-bond acceptors (Lipinski definition) is 1. The Labute approximate surface area is 80.0 Å². The van der Waals surface area contributed by atoms with Gasteiger partial charge in [-0.3, -0.25) is 0 Å². The summed E-state index contributed by atoms with van der Waals surface area (Å²) in [5, 5.41) is 0. The highest BCUT2D eigenvalue weighted by atomic mass is 14.6. The molecule has 0 radical (unpaired) electrons. The molecule has 0 bridgehead atoms. The Morgan fingerprint density at radius 3 is 3.00 bits per heavy atom. The monoisotopic (exact) mass is 175 g/mol. The van der Waals surface area contributed by atoms with Crippen LogP contribution in [0.5, 0.6) is 0 Å². The van der Waals surface area contributed by atoms with Gasteiger partial charge in [0, 0.05) is 6.04 Å². The summed E-state index contributed by atoms with van der Waals surface area (Å²) < 4.78 is 0. The van der Waals surface area contributed by atoms with Gasteiger partial charge in [-0.2, -0.15) is 0 Å². The van der Waals surface area contributed by atoms with Crippen molar-refractivity contribution in [3.63, 3.8) is 0 Å². The molecule has 0 unspecified atom stereocenters. The van der Waals surface area contributed by atoms with Crippen LogP contribution in [-0.2, 0) is 6.42 Å². The quantitative estimate of drug-likeness (QED) is 0.603. The maximum absolute atomic E-state index is 6.12. The summed E-state index contributed by atoms with van der Waals surface area (Å²) in [7, 11) is 0. The Morgan fingerprint density at radius 2 is 2.15 bits per heavy atom. The van der Waals surface area contributed by atoms with Crippen LogP contribution in [0.15, 0.2) is 18.2 Å². The van der Waals surface area contributed by atoms with Gasteiger partial charge in [-0.1, -0.05) is 30.2 Å². The molecular weight excluding hydrogens is 158 g/mol. The minimum absolute atomic E-state index is 0.275. The van der Waals surface area contributed by atoms with E-state index in [4.69, 9.17) is 5.73 Å². The van der Waals surface area contributed by atoms with E-state index in [1.807, 2.05) is 0 Å². The molecule has 1 atom stereocenters. The zero-order valence-electron chi connectivity index (χ0n) is 8.22. The lowest BCUT2D eigenvalue weighted by molar-refractivity contribution is 0.615. The summed E-state index contributed by atoms with van der Waals surface area (Å²) in [4.78, 5) is 0. The Morgan fingerprint density at radius 1 is 1.31 bits per heavy atom. The summed E-state index contributed by atoms with van der Waals surface area (Å²) in [6, 6.07) is 6.97. The van der Waals surface area contributed by atoms with Gasteiger partial charge in [-0.05, 0) is 37.3 Å². The zero-order chi connectivity index (χ0) is 9.26. The van der Waals surface area contributed by atoms with Crippen molar-refractivity contribution in [1.82, 2.24) is 0 Å². The van der Waals surface area contributed by atoms with Gasteiger partial charge in [-0.25, -0.2) is 0 Å². The smallest absolute Gasteiger partial charge is 0.0297 e. The highest BCUT2D eigenvalue weighted by Gasteiger charge is 2.14. The maximum Gasteiger partial charge on any atom is 0.0297 e. The van der Waals surface area contributed by atoms with Crippen molar-refractivity contribution in [3.05, 3.63) is 34.9 Å². The standard InChI is InChI=1S/C12H17N/c1-9-6-7-10-4-2-3-5-12(13)11(10)8-9/h6-8,12H,2-5,13H2,1H3/t12-/m0/s1. The summed E-state index contributed by atoms with van der Waals surface area (Å²) in [5.74, 6) is 0. The van der Waals surface area contributed by atoms with Crippen molar-refractivity contribution >= 4 is 0 Å². The normalized spacial score (nSPS) is 22.2. The molecule has 2 rings (SSSR count). The lowest BCUT2D eigenvalue weighted by Gasteiger charge is -2.12. The highest BCUT2D eigenvalue weighted by Crippen LogP contribution is 2.27.